The lowest BCUT2D eigenvalue weighted by Gasteiger charge is -2.07. The minimum Gasteiger partial charge on any atom is -0.244 e. The van der Waals surface area contributed by atoms with Crippen molar-refractivity contribution in [3.8, 4) is 0 Å². The number of fused-ring (bicyclic) bond motifs is 2. The van der Waals surface area contributed by atoms with Crippen LogP contribution in [0.25, 0.3) is 21.8 Å². The van der Waals surface area contributed by atoms with Gasteiger partial charge in [0.25, 0.3) is 0 Å². The lowest BCUT2D eigenvalue weighted by molar-refractivity contribution is 0.783. The second-order valence-electron chi connectivity index (χ2n) is 6.90. The van der Waals surface area contributed by atoms with Gasteiger partial charge in [-0.05, 0) is 23.6 Å². The lowest BCUT2D eigenvalue weighted by atomic mass is 9.99. The number of rotatable bonds is 2. The van der Waals surface area contributed by atoms with Crippen molar-refractivity contribution in [2.45, 2.75) is 74.7 Å². The monoisotopic (exact) mass is 420 g/mol. The lowest BCUT2D eigenvalue weighted by Crippen LogP contribution is -1.96. The quantitative estimate of drug-likeness (QED) is 0.328. The third-order valence-corrected chi connectivity index (χ3v) is 4.23. The fraction of sp³-hybridized carbons (Fsp3) is 0.407. The molecule has 2 aromatic heterocycles. The molecule has 0 N–H and O–H groups in total. The van der Waals surface area contributed by atoms with E-state index in [1.165, 1.54) is 10.9 Å². The molecule has 168 valence electrons. The number of hydrogen-bond donors (Lipinski definition) is 0. The number of hydrogen-bond acceptors (Lipinski definition) is 4. The molecule has 0 bridgehead atoms. The molecule has 0 aliphatic heterocycles. The van der Waals surface area contributed by atoms with Crippen molar-refractivity contribution in [2.24, 2.45) is 0 Å². The normalized spacial score (nSPS) is 9.61. The van der Waals surface area contributed by atoms with Crippen molar-refractivity contribution < 1.29 is 0 Å². The Balaban J connectivity index is 0.000000487. The topological polar surface area (TPSA) is 51.6 Å². The molecule has 4 aromatic rings. The Morgan fingerprint density at radius 2 is 1.32 bits per heavy atom. The second-order valence-corrected chi connectivity index (χ2v) is 6.90. The van der Waals surface area contributed by atoms with Gasteiger partial charge < -0.3 is 0 Å². The van der Waals surface area contributed by atoms with Gasteiger partial charge in [-0.25, -0.2) is 19.9 Å². The molecule has 0 saturated heterocycles. The first kappa shape index (κ1) is 28.1. The average molecular weight is 421 g/mol. The second kappa shape index (κ2) is 15.0. The Hall–Kier alpha value is -2.88. The molecule has 4 nitrogen and oxygen atoms in total. The van der Waals surface area contributed by atoms with Crippen molar-refractivity contribution in [2.75, 3.05) is 0 Å². The van der Waals surface area contributed by atoms with Crippen LogP contribution in [-0.4, -0.2) is 19.9 Å². The van der Waals surface area contributed by atoms with E-state index in [9.17, 15) is 0 Å². The van der Waals surface area contributed by atoms with Crippen LogP contribution in [0.1, 0.15) is 86.0 Å². The molecule has 2 aromatic carbocycles. The van der Waals surface area contributed by atoms with Gasteiger partial charge in [0.2, 0.25) is 0 Å². The Kier molecular flexibility index (Phi) is 13.6. The summed E-state index contributed by atoms with van der Waals surface area (Å²) in [7, 11) is 0. The molecule has 4 rings (SSSR count). The Morgan fingerprint density at radius 3 is 1.97 bits per heavy atom. The van der Waals surface area contributed by atoms with Gasteiger partial charge in [-0.15, -0.1) is 0 Å². The summed E-state index contributed by atoms with van der Waals surface area (Å²) in [5, 5.41) is 2.27. The van der Waals surface area contributed by atoms with E-state index in [1.54, 1.807) is 6.33 Å². The van der Waals surface area contributed by atoms with E-state index in [1.807, 2.05) is 76.5 Å². The minimum atomic E-state index is 0. The van der Waals surface area contributed by atoms with Crippen molar-refractivity contribution in [1.82, 2.24) is 19.9 Å². The van der Waals surface area contributed by atoms with E-state index in [0.717, 1.165) is 22.2 Å². The molecule has 0 radical (unpaired) electrons. The van der Waals surface area contributed by atoms with Gasteiger partial charge in [0, 0.05) is 29.1 Å². The Morgan fingerprint density at radius 1 is 0.677 bits per heavy atom. The molecular formula is C27H40N4. The zero-order chi connectivity index (χ0) is 22.5. The summed E-state index contributed by atoms with van der Waals surface area (Å²) in [5.41, 5.74) is 3.38. The first-order valence-corrected chi connectivity index (χ1v) is 11.0. The molecule has 0 amide bonds. The average Bonchev–Trinajstić information content (AvgIpc) is 2.81. The Labute approximate surface area is 189 Å². The fourth-order valence-corrected chi connectivity index (χ4v) is 2.80. The maximum atomic E-state index is 4.46. The summed E-state index contributed by atoms with van der Waals surface area (Å²) in [5.74, 6) is 1.83. The molecule has 0 spiro atoms. The Bertz CT molecular complexity index is 998. The molecule has 0 saturated carbocycles. The zero-order valence-electron chi connectivity index (χ0n) is 19.7. The van der Waals surface area contributed by atoms with Gasteiger partial charge in [-0.1, -0.05) is 93.1 Å². The predicted molar refractivity (Wildman–Crippen MR) is 137 cm³/mol. The molecule has 2 heterocycles. The first-order valence-electron chi connectivity index (χ1n) is 11.0. The van der Waals surface area contributed by atoms with Crippen LogP contribution in [0.15, 0.2) is 61.2 Å². The maximum absolute atomic E-state index is 4.46. The van der Waals surface area contributed by atoms with Crippen LogP contribution in [0.5, 0.6) is 0 Å². The van der Waals surface area contributed by atoms with E-state index >= 15 is 0 Å². The van der Waals surface area contributed by atoms with E-state index in [2.05, 4.69) is 53.7 Å². The highest BCUT2D eigenvalue weighted by Gasteiger charge is 2.04. The number of nitrogens with zero attached hydrogens (tertiary/aromatic N) is 4. The largest absolute Gasteiger partial charge is 0.244 e. The van der Waals surface area contributed by atoms with Crippen molar-refractivity contribution >= 4 is 21.8 Å². The van der Waals surface area contributed by atoms with Crippen LogP contribution in [0.2, 0.25) is 0 Å². The summed E-state index contributed by atoms with van der Waals surface area (Å²) in [6.07, 6.45) is 5.36. The number of benzene rings is 2. The molecule has 0 fully saturated rings. The van der Waals surface area contributed by atoms with Crippen LogP contribution in [0, 0.1) is 0 Å². The van der Waals surface area contributed by atoms with E-state index < -0.39 is 0 Å². The smallest absolute Gasteiger partial charge is 0.131 e. The van der Waals surface area contributed by atoms with Gasteiger partial charge in [0.05, 0.1) is 11.0 Å². The van der Waals surface area contributed by atoms with E-state index in [-0.39, 0.29) is 7.43 Å². The SMILES string of the molecule is C.CC.CC.CC(C)c1cccc2ncncc12.CC(C)c1ncc2ccccc2n1. The van der Waals surface area contributed by atoms with Crippen molar-refractivity contribution in [3.63, 3.8) is 0 Å². The number of aromatic nitrogens is 4. The van der Waals surface area contributed by atoms with Gasteiger partial charge >= 0.3 is 0 Å². The van der Waals surface area contributed by atoms with Crippen LogP contribution in [-0.2, 0) is 0 Å². The standard InChI is InChI=1S/2C11H12N2.2C2H6.CH4/c1-8(2)9-4-3-5-11-10(9)6-12-7-13-11;1-8(2)11-12-7-9-5-3-4-6-10(9)13-11;2*1-2;/h2*3-8H,1-2H3;2*1-2H3;1H4. The van der Waals surface area contributed by atoms with Crippen LogP contribution < -0.4 is 0 Å². The summed E-state index contributed by atoms with van der Waals surface area (Å²) in [6.45, 7) is 16.6. The van der Waals surface area contributed by atoms with Crippen molar-refractivity contribution in [1.29, 1.82) is 0 Å². The van der Waals surface area contributed by atoms with Crippen molar-refractivity contribution in [3.05, 3.63) is 72.6 Å². The predicted octanol–water partition coefficient (Wildman–Crippen LogP) is 8.19. The van der Waals surface area contributed by atoms with Crippen LogP contribution in [0.3, 0.4) is 0 Å². The maximum Gasteiger partial charge on any atom is 0.131 e. The highest BCUT2D eigenvalue weighted by molar-refractivity contribution is 5.81. The third-order valence-electron chi connectivity index (χ3n) is 4.23. The van der Waals surface area contributed by atoms with Crippen LogP contribution >= 0.6 is 0 Å². The highest BCUT2D eigenvalue weighted by Crippen LogP contribution is 2.22. The van der Waals surface area contributed by atoms with E-state index in [0.29, 0.717) is 11.8 Å². The molecule has 0 aliphatic rings. The minimum absolute atomic E-state index is 0. The molecule has 31 heavy (non-hydrogen) atoms. The molecule has 0 aliphatic carbocycles. The molecule has 4 heteroatoms. The van der Waals surface area contributed by atoms with Gasteiger partial charge in [-0.3, -0.25) is 0 Å². The number of para-hydroxylation sites is 1. The van der Waals surface area contributed by atoms with E-state index in [4.69, 9.17) is 0 Å². The summed E-state index contributed by atoms with van der Waals surface area (Å²) in [4.78, 5) is 17.0. The molecular weight excluding hydrogens is 380 g/mol. The van der Waals surface area contributed by atoms with Gasteiger partial charge in [0.1, 0.15) is 12.2 Å². The summed E-state index contributed by atoms with van der Waals surface area (Å²) in [6, 6.07) is 14.2. The zero-order valence-corrected chi connectivity index (χ0v) is 19.7. The molecule has 0 atom stereocenters. The fourth-order valence-electron chi connectivity index (χ4n) is 2.80. The van der Waals surface area contributed by atoms with Gasteiger partial charge in [0.15, 0.2) is 0 Å². The van der Waals surface area contributed by atoms with Crippen LogP contribution in [0.4, 0.5) is 0 Å². The summed E-state index contributed by atoms with van der Waals surface area (Å²) >= 11 is 0. The molecule has 0 unspecified atom stereocenters. The summed E-state index contributed by atoms with van der Waals surface area (Å²) < 4.78 is 0. The highest BCUT2D eigenvalue weighted by atomic mass is 14.9. The third kappa shape index (κ3) is 8.05. The van der Waals surface area contributed by atoms with Gasteiger partial charge in [-0.2, -0.15) is 0 Å². The first-order chi connectivity index (χ1) is 14.6.